The summed E-state index contributed by atoms with van der Waals surface area (Å²) in [6.07, 6.45) is 0. The van der Waals surface area contributed by atoms with E-state index in [9.17, 15) is 0 Å². The summed E-state index contributed by atoms with van der Waals surface area (Å²) in [6, 6.07) is 96.8. The van der Waals surface area contributed by atoms with E-state index in [2.05, 4.69) is 270 Å². The van der Waals surface area contributed by atoms with Crippen LogP contribution in [-0.4, -0.2) is 4.57 Å². The van der Waals surface area contributed by atoms with Crippen molar-refractivity contribution in [2.24, 2.45) is 0 Å². The molecule has 0 aliphatic carbocycles. The minimum Gasteiger partial charge on any atom is -0.455 e. The van der Waals surface area contributed by atoms with Crippen molar-refractivity contribution in [1.82, 2.24) is 4.57 Å². The normalized spacial score (nSPS) is 11.7. The standard InChI is InChI=1S/C68H44N2O/c1-2-17-45(18-3-1)48-37-42-54(65(43-48)70-63-30-13-10-25-58(63)59-26-11-14-31-64(59)70)47-35-40-51(41-36-47)69(66-44-49-19-4-5-21-53(49)55-22-8-9-24-57(55)66)50-38-33-46(34-39-50)52-20-6-7-23-56(52)61-28-16-29-62-60-27-12-15-32-67(60)71-68(61)62/h1-44H. The summed E-state index contributed by atoms with van der Waals surface area (Å²) in [7, 11) is 0. The molecule has 0 spiro atoms. The molecule has 2 aromatic heterocycles. The minimum atomic E-state index is 0.899. The number of hydrogen-bond acceptors (Lipinski definition) is 2. The van der Waals surface area contributed by atoms with Crippen LogP contribution in [-0.2, 0) is 0 Å². The van der Waals surface area contributed by atoms with Crippen LogP contribution in [0.1, 0.15) is 0 Å². The fraction of sp³-hybridized carbons (Fsp3) is 0. The van der Waals surface area contributed by atoms with Crippen LogP contribution in [0.4, 0.5) is 17.1 Å². The van der Waals surface area contributed by atoms with E-state index in [0.717, 1.165) is 78.1 Å². The number of anilines is 3. The van der Waals surface area contributed by atoms with Crippen LogP contribution in [0, 0.1) is 0 Å². The predicted molar refractivity (Wildman–Crippen MR) is 299 cm³/mol. The molecule has 0 bridgehead atoms. The van der Waals surface area contributed by atoms with Crippen LogP contribution in [0.25, 0.3) is 115 Å². The molecule has 12 aromatic carbocycles. The van der Waals surface area contributed by atoms with Crippen molar-refractivity contribution in [3.63, 3.8) is 0 Å². The summed E-state index contributed by atoms with van der Waals surface area (Å²) in [4.78, 5) is 2.43. The van der Waals surface area contributed by atoms with Gasteiger partial charge in [0.15, 0.2) is 0 Å². The predicted octanol–water partition coefficient (Wildman–Crippen LogP) is 19.1. The van der Waals surface area contributed by atoms with Crippen molar-refractivity contribution in [3.05, 3.63) is 267 Å². The number of rotatable bonds is 8. The summed E-state index contributed by atoms with van der Waals surface area (Å²) in [5.41, 5.74) is 17.7. The first-order chi connectivity index (χ1) is 35.2. The van der Waals surface area contributed by atoms with Crippen LogP contribution in [0.15, 0.2) is 271 Å². The summed E-state index contributed by atoms with van der Waals surface area (Å²) in [5.74, 6) is 0. The Morgan fingerprint density at radius 2 is 0.817 bits per heavy atom. The van der Waals surface area contributed by atoms with Crippen LogP contribution in [0.3, 0.4) is 0 Å². The van der Waals surface area contributed by atoms with Gasteiger partial charge in [-0.15, -0.1) is 0 Å². The number of nitrogens with zero attached hydrogens (tertiary/aromatic N) is 2. The number of benzene rings is 12. The van der Waals surface area contributed by atoms with E-state index >= 15 is 0 Å². The Morgan fingerprint density at radius 1 is 0.296 bits per heavy atom. The van der Waals surface area contributed by atoms with Gasteiger partial charge in [0.2, 0.25) is 0 Å². The van der Waals surface area contributed by atoms with E-state index in [0.29, 0.717) is 0 Å². The average Bonchev–Trinajstić information content (AvgIpc) is 4.00. The molecule has 0 unspecified atom stereocenters. The zero-order valence-electron chi connectivity index (χ0n) is 38.7. The van der Waals surface area contributed by atoms with E-state index in [1.165, 1.54) is 54.5 Å². The molecule has 0 saturated heterocycles. The minimum absolute atomic E-state index is 0.899. The summed E-state index contributed by atoms with van der Waals surface area (Å²) in [6.45, 7) is 0. The number of aromatic nitrogens is 1. The summed E-state index contributed by atoms with van der Waals surface area (Å²) < 4.78 is 9.00. The molecule has 14 rings (SSSR count). The molecule has 0 saturated carbocycles. The highest BCUT2D eigenvalue weighted by molar-refractivity contribution is 6.15. The van der Waals surface area contributed by atoms with Gasteiger partial charge in [0.05, 0.1) is 22.4 Å². The second kappa shape index (κ2) is 16.7. The Labute approximate surface area is 411 Å². The van der Waals surface area contributed by atoms with E-state index < -0.39 is 0 Å². The molecule has 332 valence electrons. The van der Waals surface area contributed by atoms with E-state index in [4.69, 9.17) is 4.42 Å². The third-order valence-corrected chi connectivity index (χ3v) is 14.4. The van der Waals surface area contributed by atoms with Crippen LogP contribution in [0.2, 0.25) is 0 Å². The Balaban J connectivity index is 0.924. The van der Waals surface area contributed by atoms with Gasteiger partial charge in [0.1, 0.15) is 11.2 Å². The van der Waals surface area contributed by atoms with Gasteiger partial charge < -0.3 is 13.9 Å². The lowest BCUT2D eigenvalue weighted by atomic mass is 9.93. The maximum atomic E-state index is 6.55. The zero-order chi connectivity index (χ0) is 46.8. The molecule has 0 aliphatic rings. The third kappa shape index (κ3) is 6.74. The molecule has 0 amide bonds. The van der Waals surface area contributed by atoms with Gasteiger partial charge in [0.25, 0.3) is 0 Å². The molecule has 3 heteroatoms. The topological polar surface area (TPSA) is 21.3 Å². The lowest BCUT2D eigenvalue weighted by Crippen LogP contribution is -2.10. The molecule has 3 nitrogen and oxygen atoms in total. The highest BCUT2D eigenvalue weighted by Crippen LogP contribution is 2.46. The van der Waals surface area contributed by atoms with Crippen molar-refractivity contribution in [2.45, 2.75) is 0 Å². The Hall–Kier alpha value is -9.44. The Kier molecular flexibility index (Phi) is 9.53. The average molecular weight is 905 g/mol. The molecular weight excluding hydrogens is 861 g/mol. The van der Waals surface area contributed by atoms with E-state index in [-0.39, 0.29) is 0 Å². The largest absolute Gasteiger partial charge is 0.455 e. The second-order valence-electron chi connectivity index (χ2n) is 18.4. The first-order valence-corrected chi connectivity index (χ1v) is 24.3. The lowest BCUT2D eigenvalue weighted by molar-refractivity contribution is 0.670. The lowest BCUT2D eigenvalue weighted by Gasteiger charge is -2.28. The van der Waals surface area contributed by atoms with Gasteiger partial charge in [0, 0.05) is 49.4 Å². The summed E-state index contributed by atoms with van der Waals surface area (Å²) >= 11 is 0. The van der Waals surface area contributed by atoms with Crippen LogP contribution >= 0.6 is 0 Å². The van der Waals surface area contributed by atoms with E-state index in [1.54, 1.807) is 0 Å². The van der Waals surface area contributed by atoms with Crippen LogP contribution in [0.5, 0.6) is 0 Å². The van der Waals surface area contributed by atoms with Crippen molar-refractivity contribution in [2.75, 3.05) is 4.90 Å². The number of hydrogen-bond donors (Lipinski definition) is 0. The SMILES string of the molecule is c1ccc(-c2ccc(-c3ccc(N(c4ccc(-c5ccccc5-c5cccc6c5oc5ccccc56)cc4)c4cc5ccccc5c5ccccc45)cc3)c(-n3c4ccccc4c4ccccc43)c2)cc1. The first-order valence-electron chi connectivity index (χ1n) is 24.3. The van der Waals surface area contributed by atoms with Crippen molar-refractivity contribution in [1.29, 1.82) is 0 Å². The van der Waals surface area contributed by atoms with Crippen LogP contribution < -0.4 is 4.90 Å². The van der Waals surface area contributed by atoms with Crippen molar-refractivity contribution in [3.8, 4) is 50.2 Å². The molecule has 14 aromatic rings. The molecule has 0 aliphatic heterocycles. The highest BCUT2D eigenvalue weighted by Gasteiger charge is 2.21. The number of furan rings is 1. The van der Waals surface area contributed by atoms with Gasteiger partial charge >= 0.3 is 0 Å². The monoisotopic (exact) mass is 904 g/mol. The summed E-state index contributed by atoms with van der Waals surface area (Å²) in [5, 5.41) is 9.59. The molecule has 0 radical (unpaired) electrons. The van der Waals surface area contributed by atoms with Gasteiger partial charge in [-0.3, -0.25) is 0 Å². The highest BCUT2D eigenvalue weighted by atomic mass is 16.3. The molecule has 2 heterocycles. The molecule has 0 atom stereocenters. The van der Waals surface area contributed by atoms with E-state index in [1.807, 2.05) is 6.07 Å². The van der Waals surface area contributed by atoms with Gasteiger partial charge in [-0.1, -0.05) is 212 Å². The second-order valence-corrected chi connectivity index (χ2v) is 18.4. The van der Waals surface area contributed by atoms with Gasteiger partial charge in [-0.05, 0) is 104 Å². The van der Waals surface area contributed by atoms with Crippen molar-refractivity contribution >= 4 is 82.4 Å². The smallest absolute Gasteiger partial charge is 0.143 e. The zero-order valence-corrected chi connectivity index (χ0v) is 38.7. The fourth-order valence-electron chi connectivity index (χ4n) is 11.1. The molecule has 71 heavy (non-hydrogen) atoms. The van der Waals surface area contributed by atoms with Gasteiger partial charge in [-0.2, -0.15) is 0 Å². The quantitative estimate of drug-likeness (QED) is 0.142. The maximum absolute atomic E-state index is 6.55. The number of fused-ring (bicyclic) bond motifs is 9. The fourth-order valence-corrected chi connectivity index (χ4v) is 11.1. The Bertz CT molecular complexity index is 4280. The van der Waals surface area contributed by atoms with Gasteiger partial charge in [-0.25, -0.2) is 0 Å². The Morgan fingerprint density at radius 3 is 1.54 bits per heavy atom. The molecular formula is C68H44N2O. The third-order valence-electron chi connectivity index (χ3n) is 14.4. The van der Waals surface area contributed by atoms with Crippen molar-refractivity contribution < 1.29 is 4.42 Å². The maximum Gasteiger partial charge on any atom is 0.143 e. The molecule has 0 N–H and O–H groups in total. The number of para-hydroxylation sites is 4. The first kappa shape index (κ1) is 40.6. The molecule has 0 fully saturated rings.